The Kier molecular flexibility index (Phi) is 9.32. The molecule has 0 bridgehead atoms. The van der Waals surface area contributed by atoms with E-state index >= 15 is 0 Å². The molecular formula is C35H33ClF3N9O5. The largest absolute Gasteiger partial charge is 0.504 e. The van der Waals surface area contributed by atoms with Crippen LogP contribution in [0, 0.1) is 6.92 Å². The molecule has 2 amide bonds. The van der Waals surface area contributed by atoms with Gasteiger partial charge in [-0.25, -0.2) is 9.97 Å². The summed E-state index contributed by atoms with van der Waals surface area (Å²) in [6.45, 7) is 6.17. The number of carbonyl (C=O) groups excluding carboxylic acids is 2. The van der Waals surface area contributed by atoms with Gasteiger partial charge in [0.25, 0.3) is 11.5 Å². The van der Waals surface area contributed by atoms with Crippen molar-refractivity contribution < 1.29 is 32.6 Å². The summed E-state index contributed by atoms with van der Waals surface area (Å²) in [5, 5.41) is 17.3. The summed E-state index contributed by atoms with van der Waals surface area (Å²) in [7, 11) is 0. The molecule has 14 nitrogen and oxygen atoms in total. The van der Waals surface area contributed by atoms with Gasteiger partial charge in [-0.05, 0) is 55.7 Å². The topological polar surface area (TPSA) is 160 Å². The summed E-state index contributed by atoms with van der Waals surface area (Å²) >= 11 is 6.14. The maximum Gasteiger partial charge on any atom is 0.416 e. The van der Waals surface area contributed by atoms with Crippen LogP contribution >= 0.6 is 11.6 Å². The normalized spacial score (nSPS) is 15.9. The fourth-order valence-corrected chi connectivity index (χ4v) is 6.88. The molecule has 2 aromatic carbocycles. The van der Waals surface area contributed by atoms with Crippen molar-refractivity contribution in [3.8, 4) is 17.1 Å². The van der Waals surface area contributed by atoms with Gasteiger partial charge in [0.2, 0.25) is 11.7 Å². The number of ether oxygens (including phenoxy) is 1. The molecule has 2 N–H and O–H groups in total. The Balaban J connectivity index is 1.26. The SMILES string of the molecule is CCc1c(N2CCN(C(=O)c3ncnc(C)c3O)CC2)c(=O)n2nc(-c3ccc4c(c3)CO[C@H]4C)nc2n1CC(=O)Nc1ccc(C(F)(F)F)cc1Cl. The van der Waals surface area contributed by atoms with Crippen LogP contribution in [0.25, 0.3) is 17.2 Å². The van der Waals surface area contributed by atoms with E-state index in [0.29, 0.717) is 17.9 Å². The number of rotatable bonds is 7. The van der Waals surface area contributed by atoms with Crippen molar-refractivity contribution >= 4 is 40.6 Å². The van der Waals surface area contributed by atoms with E-state index in [2.05, 4.69) is 20.4 Å². The minimum atomic E-state index is -4.62. The van der Waals surface area contributed by atoms with E-state index in [1.165, 1.54) is 11.2 Å². The molecule has 7 rings (SSSR count). The average molecular weight is 752 g/mol. The molecule has 0 spiro atoms. The summed E-state index contributed by atoms with van der Waals surface area (Å²) in [6, 6.07) is 8.29. The number of nitrogens with zero attached hydrogens (tertiary/aromatic N) is 8. The molecule has 18 heteroatoms. The number of carbonyl (C=O) groups is 2. The molecule has 5 heterocycles. The molecule has 3 aromatic heterocycles. The summed E-state index contributed by atoms with van der Waals surface area (Å²) in [5.41, 5.74) is 2.01. The zero-order chi connectivity index (χ0) is 37.8. The van der Waals surface area contributed by atoms with Crippen molar-refractivity contribution in [1.29, 1.82) is 0 Å². The molecule has 2 aliphatic rings. The van der Waals surface area contributed by atoms with E-state index in [-0.39, 0.29) is 83.8 Å². The van der Waals surface area contributed by atoms with Crippen LogP contribution in [0.4, 0.5) is 24.5 Å². The molecular weight excluding hydrogens is 719 g/mol. The number of aromatic hydroxyl groups is 1. The van der Waals surface area contributed by atoms with Crippen molar-refractivity contribution in [2.24, 2.45) is 0 Å². The number of halogens is 4. The number of amides is 2. The second-order valence-electron chi connectivity index (χ2n) is 12.7. The summed E-state index contributed by atoms with van der Waals surface area (Å²) in [5.74, 6) is -1.11. The van der Waals surface area contributed by atoms with Crippen LogP contribution in [0.5, 0.6) is 5.75 Å². The Morgan fingerprint density at radius 3 is 2.55 bits per heavy atom. The first-order valence-corrected chi connectivity index (χ1v) is 17.1. The number of nitrogens with one attached hydrogen (secondary N) is 1. The maximum absolute atomic E-state index is 14.3. The quantitative estimate of drug-likeness (QED) is 0.237. The number of aryl methyl sites for hydroxylation is 1. The van der Waals surface area contributed by atoms with Gasteiger partial charge >= 0.3 is 6.18 Å². The predicted molar refractivity (Wildman–Crippen MR) is 187 cm³/mol. The van der Waals surface area contributed by atoms with Crippen LogP contribution in [-0.2, 0) is 35.3 Å². The summed E-state index contributed by atoms with van der Waals surface area (Å²) < 4.78 is 48.2. The third kappa shape index (κ3) is 6.65. The third-order valence-corrected chi connectivity index (χ3v) is 9.76. The molecule has 0 aliphatic carbocycles. The molecule has 0 radical (unpaired) electrons. The van der Waals surface area contributed by atoms with Gasteiger partial charge in [-0.2, -0.15) is 22.7 Å². The highest BCUT2D eigenvalue weighted by Gasteiger charge is 2.32. The van der Waals surface area contributed by atoms with Crippen molar-refractivity contribution in [3.05, 3.63) is 91.9 Å². The highest BCUT2D eigenvalue weighted by molar-refractivity contribution is 6.33. The zero-order valence-electron chi connectivity index (χ0n) is 28.7. The number of benzene rings is 2. The van der Waals surface area contributed by atoms with Crippen LogP contribution in [0.2, 0.25) is 5.02 Å². The van der Waals surface area contributed by atoms with E-state index in [4.69, 9.17) is 21.3 Å². The average Bonchev–Trinajstić information content (AvgIpc) is 3.75. The van der Waals surface area contributed by atoms with Gasteiger partial charge in [0.15, 0.2) is 17.3 Å². The van der Waals surface area contributed by atoms with Crippen molar-refractivity contribution in [3.63, 3.8) is 0 Å². The highest BCUT2D eigenvalue weighted by Crippen LogP contribution is 2.35. The van der Waals surface area contributed by atoms with Gasteiger partial charge in [0, 0.05) is 31.7 Å². The Hall–Kier alpha value is -5.55. The van der Waals surface area contributed by atoms with E-state index in [1.807, 2.05) is 36.9 Å². The molecule has 1 saturated heterocycles. The van der Waals surface area contributed by atoms with Crippen LogP contribution < -0.4 is 15.8 Å². The highest BCUT2D eigenvalue weighted by atomic mass is 35.5. The number of hydrogen-bond acceptors (Lipinski definition) is 10. The Morgan fingerprint density at radius 1 is 1.09 bits per heavy atom. The van der Waals surface area contributed by atoms with Gasteiger partial charge in [-0.3, -0.25) is 14.4 Å². The lowest BCUT2D eigenvalue weighted by Gasteiger charge is -2.36. The fourth-order valence-electron chi connectivity index (χ4n) is 6.66. The fraction of sp³-hybridized carbons (Fsp3) is 0.343. The van der Waals surface area contributed by atoms with E-state index in [9.17, 15) is 32.7 Å². The number of piperazine rings is 1. The van der Waals surface area contributed by atoms with Gasteiger partial charge in [-0.15, -0.1) is 5.10 Å². The van der Waals surface area contributed by atoms with Crippen molar-refractivity contribution in [2.45, 2.75) is 52.6 Å². The first-order chi connectivity index (χ1) is 25.2. The van der Waals surface area contributed by atoms with E-state index in [1.54, 1.807) is 11.5 Å². The summed E-state index contributed by atoms with van der Waals surface area (Å²) in [6.07, 6.45) is -3.21. The number of hydrogen-bond donors (Lipinski definition) is 2. The first-order valence-electron chi connectivity index (χ1n) is 16.7. The molecule has 1 atom stereocenters. The smallest absolute Gasteiger partial charge is 0.416 e. The zero-order valence-corrected chi connectivity index (χ0v) is 29.5. The minimum absolute atomic E-state index is 0.0255. The third-order valence-electron chi connectivity index (χ3n) is 9.45. The first kappa shape index (κ1) is 35.8. The van der Waals surface area contributed by atoms with Crippen LogP contribution in [0.3, 0.4) is 0 Å². The molecule has 2 aliphatic heterocycles. The van der Waals surface area contributed by atoms with Crippen molar-refractivity contribution in [1.82, 2.24) is 34.0 Å². The van der Waals surface area contributed by atoms with E-state index in [0.717, 1.165) is 33.8 Å². The molecule has 0 saturated carbocycles. The number of aromatic nitrogens is 6. The van der Waals surface area contributed by atoms with Gasteiger partial charge < -0.3 is 29.5 Å². The number of anilines is 2. The lowest BCUT2D eigenvalue weighted by molar-refractivity contribution is -0.137. The Bertz CT molecular complexity index is 2340. The Labute approximate surface area is 304 Å². The predicted octanol–water partition coefficient (Wildman–Crippen LogP) is 4.79. The van der Waals surface area contributed by atoms with Gasteiger partial charge in [0.05, 0.1) is 40.4 Å². The standard InChI is InChI=1S/C35H33ClF3N9O5/c1-4-26-29(45-9-11-46(12-10-45)32(51)28-30(50)18(2)40-17-41-28)33(52)48-34(43-31(44-48)20-5-7-23-19(3)53-16-21(23)13-20)47(26)15-27(49)42-25-8-6-22(14-24(25)36)35(37,38)39/h5-8,13-14,17,19,50H,4,9-12,15-16H2,1-3H3,(H,42,49)/t19-/m0/s1. The lowest BCUT2D eigenvalue weighted by atomic mass is 10.0. The molecule has 5 aromatic rings. The van der Waals surface area contributed by atoms with Crippen LogP contribution in [-0.4, -0.2) is 77.1 Å². The number of alkyl halides is 3. The minimum Gasteiger partial charge on any atom is -0.504 e. The molecule has 0 unspecified atom stereocenters. The monoisotopic (exact) mass is 751 g/mol. The number of fused-ring (bicyclic) bond motifs is 2. The van der Waals surface area contributed by atoms with E-state index < -0.39 is 35.7 Å². The van der Waals surface area contributed by atoms with Gasteiger partial charge in [0.1, 0.15) is 18.6 Å². The second-order valence-corrected chi connectivity index (χ2v) is 13.1. The molecule has 276 valence electrons. The lowest BCUT2D eigenvalue weighted by Crippen LogP contribution is -2.51. The summed E-state index contributed by atoms with van der Waals surface area (Å²) in [4.78, 5) is 57.1. The van der Waals surface area contributed by atoms with Gasteiger partial charge in [-0.1, -0.05) is 30.7 Å². The molecule has 53 heavy (non-hydrogen) atoms. The maximum atomic E-state index is 14.3. The van der Waals surface area contributed by atoms with Crippen LogP contribution in [0.1, 0.15) is 58.5 Å². The van der Waals surface area contributed by atoms with Crippen molar-refractivity contribution in [2.75, 3.05) is 36.4 Å². The molecule has 1 fully saturated rings. The Morgan fingerprint density at radius 2 is 1.85 bits per heavy atom. The van der Waals surface area contributed by atoms with Crippen LogP contribution in [0.15, 0.2) is 47.5 Å². The second kappa shape index (κ2) is 13.8.